The van der Waals surface area contributed by atoms with Crippen molar-refractivity contribution in [1.82, 2.24) is 14.9 Å². The number of benzene rings is 3. The number of aryl methyl sites for hydroxylation is 4. The predicted octanol–water partition coefficient (Wildman–Crippen LogP) is 5.87. The lowest BCUT2D eigenvalue weighted by Gasteiger charge is -2.11. The zero-order valence-electron chi connectivity index (χ0n) is 20.1. The Morgan fingerprint density at radius 3 is 2.50 bits per heavy atom. The average molecular weight is 456 g/mol. The summed E-state index contributed by atoms with van der Waals surface area (Å²) < 4.78 is 8.20. The van der Waals surface area contributed by atoms with Gasteiger partial charge in [-0.25, -0.2) is 4.98 Å². The zero-order valence-corrected chi connectivity index (χ0v) is 20.1. The Morgan fingerprint density at radius 2 is 1.68 bits per heavy atom. The molecule has 0 unspecified atom stereocenters. The molecule has 0 aliphatic heterocycles. The molecule has 0 spiro atoms. The Labute approximate surface area is 201 Å². The van der Waals surface area contributed by atoms with Crippen LogP contribution in [0, 0.1) is 13.8 Å². The van der Waals surface area contributed by atoms with E-state index in [4.69, 9.17) is 9.72 Å². The first-order chi connectivity index (χ1) is 16.6. The van der Waals surface area contributed by atoms with E-state index in [9.17, 15) is 4.79 Å². The van der Waals surface area contributed by atoms with Crippen LogP contribution in [-0.4, -0.2) is 28.6 Å². The molecule has 0 saturated carbocycles. The number of ether oxygens (including phenoxy) is 1. The third-order valence-corrected chi connectivity index (χ3v) is 6.05. The Hall–Kier alpha value is -3.60. The molecular formula is C29H33N3O2. The van der Waals surface area contributed by atoms with Gasteiger partial charge in [0.2, 0.25) is 0 Å². The number of unbranched alkanes of at least 4 members (excludes halogenated alkanes) is 1. The Balaban J connectivity index is 1.29. The average Bonchev–Trinajstić information content (AvgIpc) is 3.20. The summed E-state index contributed by atoms with van der Waals surface area (Å²) >= 11 is 0. The lowest BCUT2D eigenvalue weighted by atomic mass is 10.1. The normalized spacial score (nSPS) is 11.0. The first-order valence-electron chi connectivity index (χ1n) is 12.1. The van der Waals surface area contributed by atoms with Crippen LogP contribution in [0.5, 0.6) is 5.75 Å². The van der Waals surface area contributed by atoms with Crippen molar-refractivity contribution in [2.45, 2.75) is 46.1 Å². The number of carbonyl (C=O) groups excluding carboxylic acids is 1. The second-order valence-corrected chi connectivity index (χ2v) is 8.71. The molecule has 4 rings (SSSR count). The minimum atomic E-state index is -0.0137. The van der Waals surface area contributed by atoms with Crippen LogP contribution in [0.1, 0.15) is 46.6 Å². The zero-order chi connectivity index (χ0) is 23.8. The van der Waals surface area contributed by atoms with Crippen LogP contribution in [-0.2, 0) is 13.0 Å². The first-order valence-corrected chi connectivity index (χ1v) is 12.1. The van der Waals surface area contributed by atoms with Crippen molar-refractivity contribution in [2.24, 2.45) is 0 Å². The summed E-state index contributed by atoms with van der Waals surface area (Å²) in [5, 5.41) is 3.05. The molecule has 0 aliphatic rings. The molecule has 0 bridgehead atoms. The topological polar surface area (TPSA) is 56.1 Å². The summed E-state index contributed by atoms with van der Waals surface area (Å²) in [5.41, 5.74) is 5.16. The number of hydrogen-bond acceptors (Lipinski definition) is 3. The number of nitrogens with zero attached hydrogens (tertiary/aromatic N) is 2. The van der Waals surface area contributed by atoms with Gasteiger partial charge in [-0.15, -0.1) is 0 Å². The molecule has 0 fully saturated rings. The molecule has 5 heteroatoms. The highest BCUT2D eigenvalue weighted by molar-refractivity contribution is 5.95. The SMILES string of the molecule is Cc1ccc(OCCCCn2c(CCCNC(=O)c3ccccc3C)nc3ccccc32)cc1. The molecule has 1 amide bonds. The van der Waals surface area contributed by atoms with Crippen molar-refractivity contribution in [1.29, 1.82) is 0 Å². The molecule has 0 aliphatic carbocycles. The van der Waals surface area contributed by atoms with Crippen LogP contribution in [0.3, 0.4) is 0 Å². The van der Waals surface area contributed by atoms with Gasteiger partial charge in [0.15, 0.2) is 0 Å². The van der Waals surface area contributed by atoms with Crippen molar-refractivity contribution >= 4 is 16.9 Å². The van der Waals surface area contributed by atoms with Gasteiger partial charge in [0.1, 0.15) is 11.6 Å². The van der Waals surface area contributed by atoms with Crippen molar-refractivity contribution in [3.05, 3.63) is 95.3 Å². The number of rotatable bonds is 11. The number of hydrogen-bond donors (Lipinski definition) is 1. The minimum Gasteiger partial charge on any atom is -0.494 e. The van der Waals surface area contributed by atoms with Gasteiger partial charge in [0, 0.05) is 25.1 Å². The molecule has 3 aromatic carbocycles. The maximum Gasteiger partial charge on any atom is 0.251 e. The summed E-state index contributed by atoms with van der Waals surface area (Å²) in [7, 11) is 0. The van der Waals surface area contributed by atoms with Crippen LogP contribution in [0.15, 0.2) is 72.8 Å². The molecule has 5 nitrogen and oxygen atoms in total. The highest BCUT2D eigenvalue weighted by atomic mass is 16.5. The van der Waals surface area contributed by atoms with Gasteiger partial charge < -0.3 is 14.6 Å². The molecule has 1 heterocycles. The molecular weight excluding hydrogens is 422 g/mol. The van der Waals surface area contributed by atoms with Gasteiger partial charge in [0.05, 0.1) is 17.6 Å². The molecule has 1 aromatic heterocycles. The van der Waals surface area contributed by atoms with E-state index in [1.54, 1.807) is 0 Å². The van der Waals surface area contributed by atoms with E-state index in [2.05, 4.69) is 47.1 Å². The van der Waals surface area contributed by atoms with Gasteiger partial charge in [-0.05, 0) is 69.0 Å². The predicted molar refractivity (Wildman–Crippen MR) is 137 cm³/mol. The van der Waals surface area contributed by atoms with Crippen molar-refractivity contribution in [2.75, 3.05) is 13.2 Å². The lowest BCUT2D eigenvalue weighted by Crippen LogP contribution is -2.25. The van der Waals surface area contributed by atoms with Gasteiger partial charge >= 0.3 is 0 Å². The summed E-state index contributed by atoms with van der Waals surface area (Å²) in [5.74, 6) is 1.98. The van der Waals surface area contributed by atoms with Crippen LogP contribution >= 0.6 is 0 Å². The maximum atomic E-state index is 12.5. The van der Waals surface area contributed by atoms with E-state index in [0.717, 1.165) is 60.4 Å². The number of carbonyl (C=O) groups is 1. The van der Waals surface area contributed by atoms with E-state index in [0.29, 0.717) is 13.2 Å². The molecule has 0 atom stereocenters. The van der Waals surface area contributed by atoms with E-state index >= 15 is 0 Å². The fourth-order valence-corrected chi connectivity index (χ4v) is 4.13. The third kappa shape index (κ3) is 6.04. The van der Waals surface area contributed by atoms with Crippen LogP contribution in [0.25, 0.3) is 11.0 Å². The standard InChI is InChI=1S/C29H33N3O2/c1-22-15-17-24(18-16-22)34-21-8-7-20-32-27-13-6-5-12-26(27)31-28(32)14-9-19-30-29(33)25-11-4-3-10-23(25)2/h3-6,10-13,15-18H,7-9,14,19-21H2,1-2H3,(H,30,33). The number of imidazole rings is 1. The lowest BCUT2D eigenvalue weighted by molar-refractivity contribution is 0.0952. The minimum absolute atomic E-state index is 0.0137. The molecule has 0 radical (unpaired) electrons. The Kier molecular flexibility index (Phi) is 7.97. The van der Waals surface area contributed by atoms with Crippen LogP contribution < -0.4 is 10.1 Å². The maximum absolute atomic E-state index is 12.5. The Morgan fingerprint density at radius 1 is 0.912 bits per heavy atom. The second kappa shape index (κ2) is 11.5. The summed E-state index contributed by atoms with van der Waals surface area (Å²) in [6, 6.07) is 24.2. The van der Waals surface area contributed by atoms with Crippen LogP contribution in [0.2, 0.25) is 0 Å². The summed E-state index contributed by atoms with van der Waals surface area (Å²) in [6.45, 7) is 6.28. The number of aromatic nitrogens is 2. The molecule has 0 saturated heterocycles. The van der Waals surface area contributed by atoms with Crippen molar-refractivity contribution in [3.8, 4) is 5.75 Å². The Bertz CT molecular complexity index is 1230. The van der Waals surface area contributed by atoms with E-state index < -0.39 is 0 Å². The number of para-hydroxylation sites is 2. The second-order valence-electron chi connectivity index (χ2n) is 8.71. The number of amides is 1. The third-order valence-electron chi connectivity index (χ3n) is 6.05. The largest absolute Gasteiger partial charge is 0.494 e. The monoisotopic (exact) mass is 455 g/mol. The van der Waals surface area contributed by atoms with Gasteiger partial charge in [-0.3, -0.25) is 4.79 Å². The van der Waals surface area contributed by atoms with Gasteiger partial charge in [0.25, 0.3) is 5.91 Å². The fourth-order valence-electron chi connectivity index (χ4n) is 4.13. The quantitative estimate of drug-likeness (QED) is 0.288. The smallest absolute Gasteiger partial charge is 0.251 e. The highest BCUT2D eigenvalue weighted by Gasteiger charge is 2.11. The molecule has 4 aromatic rings. The number of nitrogens with one attached hydrogen (secondary N) is 1. The van der Waals surface area contributed by atoms with Crippen molar-refractivity contribution in [3.63, 3.8) is 0 Å². The summed E-state index contributed by atoms with van der Waals surface area (Å²) in [4.78, 5) is 17.3. The highest BCUT2D eigenvalue weighted by Crippen LogP contribution is 2.18. The van der Waals surface area contributed by atoms with E-state index in [-0.39, 0.29) is 5.91 Å². The fraction of sp³-hybridized carbons (Fsp3) is 0.310. The molecule has 1 N–H and O–H groups in total. The number of fused-ring (bicyclic) bond motifs is 1. The van der Waals surface area contributed by atoms with Gasteiger partial charge in [-0.2, -0.15) is 0 Å². The van der Waals surface area contributed by atoms with Gasteiger partial charge in [-0.1, -0.05) is 48.0 Å². The van der Waals surface area contributed by atoms with Crippen LogP contribution in [0.4, 0.5) is 0 Å². The van der Waals surface area contributed by atoms with E-state index in [1.165, 1.54) is 11.1 Å². The van der Waals surface area contributed by atoms with Crippen molar-refractivity contribution < 1.29 is 9.53 Å². The molecule has 34 heavy (non-hydrogen) atoms. The first kappa shape index (κ1) is 23.6. The van der Waals surface area contributed by atoms with E-state index in [1.807, 2.05) is 49.4 Å². The molecule has 176 valence electrons. The summed E-state index contributed by atoms with van der Waals surface area (Å²) in [6.07, 6.45) is 3.66.